The lowest BCUT2D eigenvalue weighted by molar-refractivity contribution is 0.303. The number of aliphatic imine (C=N–C) groups is 1. The van der Waals surface area contributed by atoms with Gasteiger partial charge in [0, 0.05) is 24.4 Å². The van der Waals surface area contributed by atoms with Crippen LogP contribution in [0.1, 0.15) is 70.8 Å². The van der Waals surface area contributed by atoms with Crippen LogP contribution in [0.5, 0.6) is 11.5 Å². The van der Waals surface area contributed by atoms with Crippen LogP contribution in [-0.2, 0) is 0 Å². The van der Waals surface area contributed by atoms with Gasteiger partial charge in [-0.1, -0.05) is 52.4 Å². The molecule has 0 unspecified atom stereocenters. The van der Waals surface area contributed by atoms with E-state index in [4.69, 9.17) is 4.74 Å². The molecule has 0 aliphatic rings. The van der Waals surface area contributed by atoms with Gasteiger partial charge in [0.15, 0.2) is 0 Å². The van der Waals surface area contributed by atoms with Gasteiger partial charge >= 0.3 is 0 Å². The molecule has 3 heteroatoms. The highest BCUT2D eigenvalue weighted by molar-refractivity contribution is 5.83. The first-order valence-corrected chi connectivity index (χ1v) is 8.73. The molecule has 0 atom stereocenters. The third kappa shape index (κ3) is 8.06. The van der Waals surface area contributed by atoms with Crippen molar-refractivity contribution in [1.82, 2.24) is 0 Å². The number of nitrogens with zero attached hydrogens (tertiary/aromatic N) is 1. The Kier molecular flexibility index (Phi) is 10.2. The number of benzene rings is 1. The van der Waals surface area contributed by atoms with Crippen molar-refractivity contribution in [2.45, 2.75) is 65.2 Å². The van der Waals surface area contributed by atoms with E-state index in [0.29, 0.717) is 6.61 Å². The van der Waals surface area contributed by atoms with Crippen LogP contribution < -0.4 is 4.74 Å². The normalized spacial score (nSPS) is 11.2. The van der Waals surface area contributed by atoms with E-state index >= 15 is 0 Å². The third-order valence-electron chi connectivity index (χ3n) is 3.64. The predicted molar refractivity (Wildman–Crippen MR) is 94.3 cm³/mol. The molecule has 1 aromatic rings. The summed E-state index contributed by atoms with van der Waals surface area (Å²) in [4.78, 5) is 4.37. The van der Waals surface area contributed by atoms with Gasteiger partial charge in [0.1, 0.15) is 11.5 Å². The molecule has 0 amide bonds. The molecular weight excluding hydrogens is 274 g/mol. The molecule has 0 bridgehead atoms. The summed E-state index contributed by atoms with van der Waals surface area (Å²) in [5.74, 6) is 0.970. The van der Waals surface area contributed by atoms with E-state index < -0.39 is 0 Å². The highest BCUT2D eigenvalue weighted by atomic mass is 16.5. The number of hydrogen-bond donors (Lipinski definition) is 1. The minimum Gasteiger partial charge on any atom is -0.507 e. The summed E-state index contributed by atoms with van der Waals surface area (Å²) in [6.45, 7) is 5.94. The highest BCUT2D eigenvalue weighted by Crippen LogP contribution is 2.22. The van der Waals surface area contributed by atoms with Crippen LogP contribution in [0.4, 0.5) is 0 Å². The van der Waals surface area contributed by atoms with Gasteiger partial charge in [-0.15, -0.1) is 0 Å². The Morgan fingerprint density at radius 2 is 1.73 bits per heavy atom. The van der Waals surface area contributed by atoms with E-state index in [-0.39, 0.29) is 5.75 Å². The van der Waals surface area contributed by atoms with Crippen LogP contribution in [0, 0.1) is 0 Å². The Bertz CT molecular complexity index is 429. The smallest absolute Gasteiger partial charge is 0.128 e. The SMILES string of the molecule is CCCCCCN=Cc1ccc(OCCCCCC)cc1O. The van der Waals surface area contributed by atoms with Crippen molar-refractivity contribution in [2.75, 3.05) is 13.2 Å². The second-order valence-corrected chi connectivity index (χ2v) is 5.73. The van der Waals surface area contributed by atoms with E-state index in [1.807, 2.05) is 12.1 Å². The Morgan fingerprint density at radius 1 is 1.00 bits per heavy atom. The number of rotatable bonds is 12. The lowest BCUT2D eigenvalue weighted by Crippen LogP contribution is -1.97. The van der Waals surface area contributed by atoms with Gasteiger partial charge in [-0.05, 0) is 25.0 Å². The number of unbranched alkanes of at least 4 members (excludes halogenated alkanes) is 6. The van der Waals surface area contributed by atoms with Gasteiger partial charge in [-0.2, -0.15) is 0 Å². The molecule has 0 saturated carbocycles. The molecule has 0 radical (unpaired) electrons. The summed E-state index contributed by atoms with van der Waals surface area (Å²) in [6, 6.07) is 5.45. The largest absolute Gasteiger partial charge is 0.507 e. The van der Waals surface area contributed by atoms with Crippen LogP contribution in [0.3, 0.4) is 0 Å². The van der Waals surface area contributed by atoms with Crippen molar-refractivity contribution in [1.29, 1.82) is 0 Å². The van der Waals surface area contributed by atoms with E-state index in [0.717, 1.165) is 30.7 Å². The number of phenols is 1. The lowest BCUT2D eigenvalue weighted by Gasteiger charge is -2.07. The fraction of sp³-hybridized carbons (Fsp3) is 0.632. The zero-order valence-electron chi connectivity index (χ0n) is 14.2. The molecule has 22 heavy (non-hydrogen) atoms. The van der Waals surface area contributed by atoms with Gasteiger partial charge in [0.05, 0.1) is 6.61 Å². The summed E-state index contributed by atoms with van der Waals surface area (Å²) in [5.41, 5.74) is 0.758. The summed E-state index contributed by atoms with van der Waals surface area (Å²) < 4.78 is 5.65. The first-order valence-electron chi connectivity index (χ1n) is 8.73. The Hall–Kier alpha value is -1.51. The van der Waals surface area contributed by atoms with Gasteiger partial charge in [-0.3, -0.25) is 4.99 Å². The molecule has 0 aromatic heterocycles. The molecule has 0 aliphatic carbocycles. The number of hydrogen-bond acceptors (Lipinski definition) is 3. The zero-order valence-corrected chi connectivity index (χ0v) is 14.2. The van der Waals surface area contributed by atoms with E-state index in [1.165, 1.54) is 38.5 Å². The number of aromatic hydroxyl groups is 1. The number of phenolic OH excluding ortho intramolecular Hbond substituents is 1. The fourth-order valence-electron chi connectivity index (χ4n) is 2.23. The van der Waals surface area contributed by atoms with Crippen molar-refractivity contribution in [3.63, 3.8) is 0 Å². The molecule has 124 valence electrons. The average Bonchev–Trinajstić information content (AvgIpc) is 2.52. The van der Waals surface area contributed by atoms with Crippen molar-refractivity contribution in [3.8, 4) is 11.5 Å². The van der Waals surface area contributed by atoms with Crippen LogP contribution in [-0.4, -0.2) is 24.5 Å². The van der Waals surface area contributed by atoms with E-state index in [1.54, 1.807) is 12.3 Å². The van der Waals surface area contributed by atoms with Crippen LogP contribution >= 0.6 is 0 Å². The van der Waals surface area contributed by atoms with E-state index in [9.17, 15) is 5.11 Å². The van der Waals surface area contributed by atoms with Crippen LogP contribution in [0.2, 0.25) is 0 Å². The molecule has 0 spiro atoms. The first kappa shape index (κ1) is 18.5. The monoisotopic (exact) mass is 305 g/mol. The van der Waals surface area contributed by atoms with E-state index in [2.05, 4.69) is 18.8 Å². The molecule has 1 rings (SSSR count). The Balaban J connectivity index is 2.33. The number of ether oxygens (including phenoxy) is 1. The molecule has 0 heterocycles. The van der Waals surface area contributed by atoms with Gasteiger partial charge < -0.3 is 9.84 Å². The van der Waals surface area contributed by atoms with Crippen molar-refractivity contribution >= 4 is 6.21 Å². The second-order valence-electron chi connectivity index (χ2n) is 5.73. The maximum absolute atomic E-state index is 10.0. The minimum atomic E-state index is 0.239. The summed E-state index contributed by atoms with van der Waals surface area (Å²) in [5, 5.41) is 10.0. The summed E-state index contributed by atoms with van der Waals surface area (Å²) in [7, 11) is 0. The molecule has 3 nitrogen and oxygen atoms in total. The van der Waals surface area contributed by atoms with Crippen molar-refractivity contribution in [2.24, 2.45) is 4.99 Å². The third-order valence-corrected chi connectivity index (χ3v) is 3.64. The molecule has 0 fully saturated rings. The van der Waals surface area contributed by atoms with Gasteiger partial charge in [-0.25, -0.2) is 0 Å². The van der Waals surface area contributed by atoms with Crippen molar-refractivity contribution < 1.29 is 9.84 Å². The lowest BCUT2D eigenvalue weighted by atomic mass is 10.2. The summed E-state index contributed by atoms with van der Waals surface area (Å²) in [6.07, 6.45) is 11.4. The average molecular weight is 305 g/mol. The van der Waals surface area contributed by atoms with Gasteiger partial charge in [0.2, 0.25) is 0 Å². The van der Waals surface area contributed by atoms with Gasteiger partial charge in [0.25, 0.3) is 0 Å². The minimum absolute atomic E-state index is 0.239. The topological polar surface area (TPSA) is 41.8 Å². The molecule has 1 aromatic carbocycles. The van der Waals surface area contributed by atoms with Crippen LogP contribution in [0.15, 0.2) is 23.2 Å². The molecule has 0 saturated heterocycles. The quantitative estimate of drug-likeness (QED) is 0.418. The highest BCUT2D eigenvalue weighted by Gasteiger charge is 2.01. The second kappa shape index (κ2) is 12.1. The van der Waals surface area contributed by atoms with Crippen molar-refractivity contribution in [3.05, 3.63) is 23.8 Å². The maximum atomic E-state index is 10.0. The zero-order chi connectivity index (χ0) is 16.0. The Labute approximate surface area is 135 Å². The standard InChI is InChI=1S/C19H31NO2/c1-3-5-7-9-13-20-16-17-11-12-18(15-19(17)21)22-14-10-8-6-4-2/h11-12,15-16,21H,3-10,13-14H2,1-2H3. The molecular formula is C19H31NO2. The first-order chi connectivity index (χ1) is 10.8. The molecule has 0 aliphatic heterocycles. The predicted octanol–water partition coefficient (Wildman–Crippen LogP) is 5.35. The fourth-order valence-corrected chi connectivity index (χ4v) is 2.23. The Morgan fingerprint density at radius 3 is 2.41 bits per heavy atom. The maximum Gasteiger partial charge on any atom is 0.128 e. The van der Waals surface area contributed by atoms with Crippen LogP contribution in [0.25, 0.3) is 0 Å². The summed E-state index contributed by atoms with van der Waals surface area (Å²) >= 11 is 0. The molecule has 1 N–H and O–H groups in total.